The lowest BCUT2D eigenvalue weighted by Gasteiger charge is -2.05. The number of aromatic hydroxyl groups is 1. The van der Waals surface area contributed by atoms with Gasteiger partial charge in [0, 0.05) is 23.5 Å². The van der Waals surface area contributed by atoms with Crippen molar-refractivity contribution in [2.45, 2.75) is 0 Å². The van der Waals surface area contributed by atoms with Crippen molar-refractivity contribution in [3.8, 4) is 33.9 Å². The summed E-state index contributed by atoms with van der Waals surface area (Å²) < 4.78 is 7.19. The van der Waals surface area contributed by atoms with Crippen LogP contribution in [0.2, 0.25) is 0 Å². The fraction of sp³-hybridized carbons (Fsp3) is 0.0500. The van der Waals surface area contributed by atoms with Crippen LogP contribution >= 0.6 is 0 Å². The topological polar surface area (TPSA) is 46.8 Å². The van der Waals surface area contributed by atoms with Crippen LogP contribution in [0.25, 0.3) is 28.0 Å². The summed E-state index contributed by atoms with van der Waals surface area (Å²) in [7, 11) is 1.66. The zero-order chi connectivity index (χ0) is 16.5. The zero-order valence-electron chi connectivity index (χ0n) is 13.2. The number of hydrogen-bond donors (Lipinski definition) is 1. The van der Waals surface area contributed by atoms with Gasteiger partial charge in [0.15, 0.2) is 0 Å². The molecule has 0 radical (unpaired) electrons. The van der Waals surface area contributed by atoms with Crippen molar-refractivity contribution in [1.82, 2.24) is 9.38 Å². The van der Waals surface area contributed by atoms with Gasteiger partial charge in [0.1, 0.15) is 17.1 Å². The Balaban J connectivity index is 1.87. The number of pyridine rings is 1. The molecule has 1 N–H and O–H groups in total. The first kappa shape index (κ1) is 14.3. The number of benzene rings is 2. The third-order valence-electron chi connectivity index (χ3n) is 4.06. The highest BCUT2D eigenvalue weighted by atomic mass is 16.5. The molecule has 4 heteroatoms. The largest absolute Gasteiger partial charge is 0.507 e. The molecule has 4 rings (SSSR count). The molecule has 4 nitrogen and oxygen atoms in total. The highest BCUT2D eigenvalue weighted by Gasteiger charge is 2.11. The normalized spacial score (nSPS) is 10.9. The Hall–Kier alpha value is -3.27. The van der Waals surface area contributed by atoms with E-state index < -0.39 is 0 Å². The molecule has 118 valence electrons. The second kappa shape index (κ2) is 5.74. The van der Waals surface area contributed by atoms with Crippen molar-refractivity contribution >= 4 is 5.65 Å². The number of para-hydroxylation sites is 1. The third-order valence-corrected chi connectivity index (χ3v) is 4.06. The van der Waals surface area contributed by atoms with Gasteiger partial charge in [-0.05, 0) is 42.0 Å². The van der Waals surface area contributed by atoms with E-state index in [9.17, 15) is 5.11 Å². The second-order valence-corrected chi connectivity index (χ2v) is 5.52. The summed E-state index contributed by atoms with van der Waals surface area (Å²) in [5.74, 6) is 1.05. The van der Waals surface area contributed by atoms with Gasteiger partial charge in [-0.25, -0.2) is 4.98 Å². The molecule has 0 atom stereocenters. The molecule has 24 heavy (non-hydrogen) atoms. The van der Waals surface area contributed by atoms with Crippen LogP contribution in [0.1, 0.15) is 0 Å². The Morgan fingerprint density at radius 1 is 0.917 bits per heavy atom. The summed E-state index contributed by atoms with van der Waals surface area (Å²) in [5, 5.41) is 10.1. The van der Waals surface area contributed by atoms with Gasteiger partial charge in [-0.15, -0.1) is 0 Å². The Bertz CT molecular complexity index is 1000. The predicted molar refractivity (Wildman–Crippen MR) is 94.3 cm³/mol. The SMILES string of the molecule is COc1ccc(-c2cccn3cc(-c4ccccc4O)nc23)cc1. The number of aromatic nitrogens is 2. The van der Waals surface area contributed by atoms with Crippen LogP contribution in [0, 0.1) is 0 Å². The molecule has 0 bridgehead atoms. The molecule has 2 heterocycles. The van der Waals surface area contributed by atoms with Crippen LogP contribution in [-0.4, -0.2) is 21.6 Å². The quantitative estimate of drug-likeness (QED) is 0.610. The molecule has 0 unspecified atom stereocenters. The van der Waals surface area contributed by atoms with Gasteiger partial charge >= 0.3 is 0 Å². The van der Waals surface area contributed by atoms with Crippen molar-refractivity contribution in [3.05, 3.63) is 73.1 Å². The van der Waals surface area contributed by atoms with Crippen molar-refractivity contribution in [2.24, 2.45) is 0 Å². The van der Waals surface area contributed by atoms with Crippen LogP contribution in [0.5, 0.6) is 11.5 Å². The smallest absolute Gasteiger partial charge is 0.145 e. The van der Waals surface area contributed by atoms with Crippen LogP contribution in [-0.2, 0) is 0 Å². The van der Waals surface area contributed by atoms with Gasteiger partial charge < -0.3 is 14.2 Å². The van der Waals surface area contributed by atoms with Gasteiger partial charge in [-0.3, -0.25) is 0 Å². The number of ether oxygens (including phenoxy) is 1. The number of fused-ring (bicyclic) bond motifs is 1. The number of imidazole rings is 1. The number of hydrogen-bond acceptors (Lipinski definition) is 3. The summed E-state index contributed by atoms with van der Waals surface area (Å²) >= 11 is 0. The first-order valence-electron chi connectivity index (χ1n) is 7.67. The van der Waals surface area contributed by atoms with Gasteiger partial charge in [-0.2, -0.15) is 0 Å². The molecule has 0 fully saturated rings. The molecule has 0 amide bonds. The van der Waals surface area contributed by atoms with Crippen molar-refractivity contribution < 1.29 is 9.84 Å². The number of rotatable bonds is 3. The zero-order valence-corrected chi connectivity index (χ0v) is 13.2. The molecule has 0 saturated heterocycles. The summed E-state index contributed by atoms with van der Waals surface area (Å²) in [6, 6.07) is 19.2. The molecule has 0 saturated carbocycles. The fourth-order valence-corrected chi connectivity index (χ4v) is 2.83. The lowest BCUT2D eigenvalue weighted by atomic mass is 10.1. The maximum Gasteiger partial charge on any atom is 0.145 e. The first-order chi connectivity index (χ1) is 11.8. The van der Waals surface area contributed by atoms with E-state index in [1.807, 2.05) is 65.3 Å². The summed E-state index contributed by atoms with van der Waals surface area (Å²) in [6.07, 6.45) is 3.89. The van der Waals surface area contributed by atoms with Gasteiger partial charge in [0.05, 0.1) is 12.8 Å². The fourth-order valence-electron chi connectivity index (χ4n) is 2.83. The molecule has 0 aliphatic heterocycles. The molecule has 0 spiro atoms. The summed E-state index contributed by atoms with van der Waals surface area (Å²) in [5.41, 5.74) is 4.41. The Morgan fingerprint density at radius 3 is 2.42 bits per heavy atom. The molecule has 0 aliphatic rings. The standard InChI is InChI=1S/C20H16N2O2/c1-24-15-10-8-14(9-11-15)16-6-4-12-22-13-18(21-20(16)22)17-5-2-3-7-19(17)23/h2-13,23H,1H3. The van der Waals surface area contributed by atoms with Crippen molar-refractivity contribution in [1.29, 1.82) is 0 Å². The summed E-state index contributed by atoms with van der Waals surface area (Å²) in [6.45, 7) is 0. The number of phenols is 1. The maximum absolute atomic E-state index is 10.1. The molecule has 2 aromatic carbocycles. The van der Waals surface area contributed by atoms with E-state index in [1.165, 1.54) is 0 Å². The third kappa shape index (κ3) is 2.38. The average molecular weight is 316 g/mol. The first-order valence-corrected chi connectivity index (χ1v) is 7.67. The number of phenolic OH excluding ortho intramolecular Hbond substituents is 1. The van der Waals surface area contributed by atoms with Crippen LogP contribution in [0.3, 0.4) is 0 Å². The Kier molecular flexibility index (Phi) is 3.43. The van der Waals surface area contributed by atoms with E-state index in [0.29, 0.717) is 0 Å². The van der Waals surface area contributed by atoms with Crippen molar-refractivity contribution in [3.63, 3.8) is 0 Å². The minimum absolute atomic E-state index is 0.229. The monoisotopic (exact) mass is 316 g/mol. The number of methoxy groups -OCH3 is 1. The van der Waals surface area contributed by atoms with Crippen LogP contribution < -0.4 is 4.74 Å². The lowest BCUT2D eigenvalue weighted by Crippen LogP contribution is -1.87. The van der Waals surface area contributed by atoms with E-state index >= 15 is 0 Å². The van der Waals surface area contributed by atoms with Gasteiger partial charge in [0.2, 0.25) is 0 Å². The minimum Gasteiger partial charge on any atom is -0.507 e. The lowest BCUT2D eigenvalue weighted by molar-refractivity contribution is 0.415. The average Bonchev–Trinajstić information content (AvgIpc) is 3.06. The van der Waals surface area contributed by atoms with Gasteiger partial charge in [0.25, 0.3) is 0 Å². The Labute approximate surface area is 139 Å². The van der Waals surface area contributed by atoms with Crippen molar-refractivity contribution in [2.75, 3.05) is 7.11 Å². The van der Waals surface area contributed by atoms with Crippen LogP contribution in [0.4, 0.5) is 0 Å². The molecule has 4 aromatic rings. The molecule has 0 aliphatic carbocycles. The highest BCUT2D eigenvalue weighted by Crippen LogP contribution is 2.31. The maximum atomic E-state index is 10.1. The van der Waals surface area contributed by atoms with Crippen LogP contribution in [0.15, 0.2) is 73.1 Å². The molecular formula is C20H16N2O2. The summed E-state index contributed by atoms with van der Waals surface area (Å²) in [4.78, 5) is 4.73. The molecular weight excluding hydrogens is 300 g/mol. The van der Waals surface area contributed by atoms with E-state index in [4.69, 9.17) is 9.72 Å². The predicted octanol–water partition coefficient (Wildman–Crippen LogP) is 4.38. The highest BCUT2D eigenvalue weighted by molar-refractivity contribution is 5.80. The van der Waals surface area contributed by atoms with E-state index in [-0.39, 0.29) is 5.75 Å². The Morgan fingerprint density at radius 2 is 1.67 bits per heavy atom. The van der Waals surface area contributed by atoms with E-state index in [0.717, 1.165) is 33.8 Å². The van der Waals surface area contributed by atoms with E-state index in [1.54, 1.807) is 19.2 Å². The van der Waals surface area contributed by atoms with Gasteiger partial charge in [-0.1, -0.05) is 24.3 Å². The minimum atomic E-state index is 0.229. The number of nitrogens with zero attached hydrogens (tertiary/aromatic N) is 2. The van der Waals surface area contributed by atoms with E-state index in [2.05, 4.69) is 0 Å². The molecule has 2 aromatic heterocycles. The second-order valence-electron chi connectivity index (χ2n) is 5.52.